The maximum absolute atomic E-state index is 12.2. The first-order chi connectivity index (χ1) is 13.0. The molecule has 0 atom stereocenters. The number of thiazole rings is 1. The summed E-state index contributed by atoms with van der Waals surface area (Å²) >= 11 is 1.51. The van der Waals surface area contributed by atoms with Crippen molar-refractivity contribution in [2.24, 2.45) is 0 Å². The SMILES string of the molecule is COc1cccc(NC(=O)CN(C)C(=O)/C=C/c2nc3ccccc3s2)c1. The van der Waals surface area contributed by atoms with Gasteiger partial charge in [0.25, 0.3) is 0 Å². The molecule has 27 heavy (non-hydrogen) atoms. The number of carbonyl (C=O) groups is 2. The molecular formula is C20H19N3O3S. The largest absolute Gasteiger partial charge is 0.497 e. The van der Waals surface area contributed by atoms with E-state index in [-0.39, 0.29) is 18.4 Å². The van der Waals surface area contributed by atoms with Crippen LogP contribution < -0.4 is 10.1 Å². The summed E-state index contributed by atoms with van der Waals surface area (Å²) in [6.45, 7) is -0.0553. The van der Waals surface area contributed by atoms with Gasteiger partial charge in [-0.05, 0) is 30.3 Å². The molecule has 138 valence electrons. The van der Waals surface area contributed by atoms with Crippen LogP contribution in [0.25, 0.3) is 16.3 Å². The first kappa shape index (κ1) is 18.6. The van der Waals surface area contributed by atoms with E-state index in [2.05, 4.69) is 10.3 Å². The number of aromatic nitrogens is 1. The molecule has 0 spiro atoms. The topological polar surface area (TPSA) is 71.5 Å². The van der Waals surface area contributed by atoms with E-state index in [4.69, 9.17) is 4.74 Å². The predicted molar refractivity (Wildman–Crippen MR) is 108 cm³/mol. The molecule has 7 heteroatoms. The van der Waals surface area contributed by atoms with Gasteiger partial charge in [0.05, 0.1) is 23.9 Å². The van der Waals surface area contributed by atoms with Gasteiger partial charge < -0.3 is 15.0 Å². The number of anilines is 1. The quantitative estimate of drug-likeness (QED) is 0.664. The predicted octanol–water partition coefficient (Wildman–Crippen LogP) is 3.42. The highest BCUT2D eigenvalue weighted by Gasteiger charge is 2.11. The van der Waals surface area contributed by atoms with Crippen molar-refractivity contribution < 1.29 is 14.3 Å². The number of rotatable bonds is 6. The van der Waals surface area contributed by atoms with Crippen molar-refractivity contribution in [1.82, 2.24) is 9.88 Å². The number of carbonyl (C=O) groups excluding carboxylic acids is 2. The van der Waals surface area contributed by atoms with Gasteiger partial charge in [0.15, 0.2) is 0 Å². The molecule has 0 fully saturated rings. The number of methoxy groups -OCH3 is 1. The molecule has 3 rings (SSSR count). The van der Waals surface area contributed by atoms with E-state index in [0.717, 1.165) is 15.2 Å². The van der Waals surface area contributed by atoms with Gasteiger partial charge in [-0.25, -0.2) is 4.98 Å². The molecule has 0 unspecified atom stereocenters. The molecule has 2 amide bonds. The van der Waals surface area contributed by atoms with Crippen LogP contribution in [-0.2, 0) is 9.59 Å². The summed E-state index contributed by atoms with van der Waals surface area (Å²) in [5.41, 5.74) is 1.52. The Morgan fingerprint density at radius 2 is 2.04 bits per heavy atom. The van der Waals surface area contributed by atoms with Crippen molar-refractivity contribution in [1.29, 1.82) is 0 Å². The zero-order valence-electron chi connectivity index (χ0n) is 15.0. The van der Waals surface area contributed by atoms with E-state index < -0.39 is 0 Å². The highest BCUT2D eigenvalue weighted by Crippen LogP contribution is 2.22. The zero-order chi connectivity index (χ0) is 19.2. The minimum Gasteiger partial charge on any atom is -0.497 e. The Morgan fingerprint density at radius 3 is 2.81 bits per heavy atom. The summed E-state index contributed by atoms with van der Waals surface area (Å²) in [6, 6.07) is 14.8. The average molecular weight is 381 g/mol. The normalized spacial score (nSPS) is 10.9. The van der Waals surface area contributed by atoms with Gasteiger partial charge in [0.2, 0.25) is 11.8 Å². The highest BCUT2D eigenvalue weighted by molar-refractivity contribution is 7.19. The number of fused-ring (bicyclic) bond motifs is 1. The van der Waals surface area contributed by atoms with Gasteiger partial charge in [-0.2, -0.15) is 0 Å². The third-order valence-corrected chi connectivity index (χ3v) is 4.79. The molecule has 2 aromatic carbocycles. The van der Waals surface area contributed by atoms with Gasteiger partial charge in [-0.3, -0.25) is 9.59 Å². The Labute approximate surface area is 161 Å². The van der Waals surface area contributed by atoms with Gasteiger partial charge in [-0.1, -0.05) is 18.2 Å². The number of nitrogens with one attached hydrogen (secondary N) is 1. The third kappa shape index (κ3) is 4.92. The molecule has 0 bridgehead atoms. The number of hydrogen-bond donors (Lipinski definition) is 1. The second kappa shape index (κ2) is 8.46. The maximum atomic E-state index is 12.2. The molecule has 3 aromatic rings. The van der Waals surface area contributed by atoms with E-state index >= 15 is 0 Å². The fourth-order valence-corrected chi connectivity index (χ4v) is 3.30. The van der Waals surface area contributed by atoms with Crippen LogP contribution in [0.5, 0.6) is 5.75 Å². The Balaban J connectivity index is 1.57. The summed E-state index contributed by atoms with van der Waals surface area (Å²) in [4.78, 5) is 30.2. The number of amides is 2. The van der Waals surface area contributed by atoms with Crippen LogP contribution in [0.4, 0.5) is 5.69 Å². The fraction of sp³-hybridized carbons (Fsp3) is 0.150. The van der Waals surface area contributed by atoms with Gasteiger partial charge in [0, 0.05) is 24.9 Å². The molecule has 1 heterocycles. The summed E-state index contributed by atoms with van der Waals surface area (Å²) in [6.07, 6.45) is 3.10. The van der Waals surface area contributed by atoms with Crippen LogP contribution in [0.1, 0.15) is 5.01 Å². The van der Waals surface area contributed by atoms with E-state index in [1.807, 2.05) is 24.3 Å². The first-order valence-electron chi connectivity index (χ1n) is 8.28. The molecule has 1 N–H and O–H groups in total. The van der Waals surface area contributed by atoms with E-state index in [1.165, 1.54) is 22.3 Å². The molecule has 0 radical (unpaired) electrons. The average Bonchev–Trinajstić information content (AvgIpc) is 3.09. The molecule has 6 nitrogen and oxygen atoms in total. The smallest absolute Gasteiger partial charge is 0.246 e. The lowest BCUT2D eigenvalue weighted by Crippen LogP contribution is -2.33. The monoisotopic (exact) mass is 381 g/mol. The number of nitrogens with zero attached hydrogens (tertiary/aromatic N) is 2. The summed E-state index contributed by atoms with van der Waals surface area (Å²) in [7, 11) is 3.14. The second-order valence-electron chi connectivity index (χ2n) is 5.83. The standard InChI is InChI=1S/C20H19N3O3S/c1-23(13-18(24)21-14-6-5-7-15(12-14)26-2)20(25)11-10-19-22-16-8-3-4-9-17(16)27-19/h3-12H,13H2,1-2H3,(H,21,24)/b11-10+. The molecule has 0 saturated carbocycles. The summed E-state index contributed by atoms with van der Waals surface area (Å²) < 4.78 is 6.19. The Kier molecular flexibility index (Phi) is 5.83. The molecule has 0 aliphatic carbocycles. The number of ether oxygens (including phenoxy) is 1. The van der Waals surface area contributed by atoms with Crippen LogP contribution in [0.2, 0.25) is 0 Å². The fourth-order valence-electron chi connectivity index (χ4n) is 2.43. The van der Waals surface area contributed by atoms with Crippen molar-refractivity contribution in [3.05, 3.63) is 59.6 Å². The molecule has 0 aliphatic heterocycles. The van der Waals surface area contributed by atoms with E-state index in [9.17, 15) is 9.59 Å². The lowest BCUT2D eigenvalue weighted by molar-refractivity contribution is -0.129. The van der Waals surface area contributed by atoms with E-state index in [0.29, 0.717) is 11.4 Å². The lowest BCUT2D eigenvalue weighted by Gasteiger charge is -2.15. The zero-order valence-corrected chi connectivity index (χ0v) is 15.8. The van der Waals surface area contributed by atoms with Crippen molar-refractivity contribution in [3.63, 3.8) is 0 Å². The van der Waals surface area contributed by atoms with Crippen molar-refractivity contribution >= 4 is 45.1 Å². The molecular weight excluding hydrogens is 362 g/mol. The third-order valence-electron chi connectivity index (χ3n) is 3.79. The second-order valence-corrected chi connectivity index (χ2v) is 6.89. The summed E-state index contributed by atoms with van der Waals surface area (Å²) in [5, 5.41) is 3.50. The van der Waals surface area contributed by atoms with Crippen LogP contribution in [0.15, 0.2) is 54.6 Å². The van der Waals surface area contributed by atoms with Crippen LogP contribution in [0, 0.1) is 0 Å². The van der Waals surface area contributed by atoms with Crippen molar-refractivity contribution in [3.8, 4) is 5.75 Å². The van der Waals surface area contributed by atoms with E-state index in [1.54, 1.807) is 44.5 Å². The van der Waals surface area contributed by atoms with Gasteiger partial charge >= 0.3 is 0 Å². The van der Waals surface area contributed by atoms with Gasteiger partial charge in [0.1, 0.15) is 10.8 Å². The maximum Gasteiger partial charge on any atom is 0.246 e. The lowest BCUT2D eigenvalue weighted by atomic mass is 10.3. The minimum atomic E-state index is -0.285. The molecule has 0 aliphatic rings. The Morgan fingerprint density at radius 1 is 1.22 bits per heavy atom. The van der Waals surface area contributed by atoms with Crippen LogP contribution >= 0.6 is 11.3 Å². The number of para-hydroxylation sites is 1. The van der Waals surface area contributed by atoms with Gasteiger partial charge in [-0.15, -0.1) is 11.3 Å². The molecule has 0 saturated heterocycles. The number of hydrogen-bond acceptors (Lipinski definition) is 5. The first-order valence-corrected chi connectivity index (χ1v) is 9.09. The molecule has 1 aromatic heterocycles. The van der Waals surface area contributed by atoms with Crippen molar-refractivity contribution in [2.75, 3.05) is 26.0 Å². The minimum absolute atomic E-state index is 0.0553. The van der Waals surface area contributed by atoms with Crippen LogP contribution in [0.3, 0.4) is 0 Å². The summed E-state index contributed by atoms with van der Waals surface area (Å²) in [5.74, 6) is 0.0959. The highest BCUT2D eigenvalue weighted by atomic mass is 32.1. The number of benzene rings is 2. The number of likely N-dealkylation sites (N-methyl/N-ethyl adjacent to an activating group) is 1. The Bertz CT molecular complexity index is 964. The van der Waals surface area contributed by atoms with Crippen LogP contribution in [-0.4, -0.2) is 42.4 Å². The Hall–Kier alpha value is -3.19. The van der Waals surface area contributed by atoms with Crippen molar-refractivity contribution in [2.45, 2.75) is 0 Å².